The van der Waals surface area contributed by atoms with Crippen LogP contribution in [0.3, 0.4) is 0 Å². The highest BCUT2D eigenvalue weighted by Gasteiger charge is 2.03. The molecule has 0 amide bonds. The average Bonchev–Trinajstić information content (AvgIpc) is 2.35. The first-order chi connectivity index (χ1) is 8.63. The molecule has 99 valence electrons. The molecule has 0 aromatic heterocycles. The molecule has 0 spiro atoms. The Morgan fingerprint density at radius 3 is 2.83 bits per heavy atom. The van der Waals surface area contributed by atoms with E-state index in [0.717, 1.165) is 25.2 Å². The number of likely N-dealkylation sites (N-methyl/N-ethyl adjacent to an activating group) is 1. The lowest BCUT2D eigenvalue weighted by Crippen LogP contribution is -2.24. The number of nitrogens with zero attached hydrogens (tertiary/aromatic N) is 2. The summed E-state index contributed by atoms with van der Waals surface area (Å²) in [6, 6.07) is 7.29. The number of rotatable bonds is 8. The molecule has 0 unspecified atom stereocenters. The number of aliphatic hydroxyl groups is 1. The highest BCUT2D eigenvalue weighted by atomic mass is 16.6. The number of nitrogens with one attached hydrogen (secondary N) is 1. The first-order valence-corrected chi connectivity index (χ1v) is 5.83. The van der Waals surface area contributed by atoms with E-state index < -0.39 is 4.92 Å². The molecule has 0 saturated heterocycles. The molecule has 1 radical (unpaired) electrons. The molecule has 6 nitrogen and oxygen atoms in total. The maximum atomic E-state index is 10.4. The number of nitro groups is 1. The van der Waals surface area contributed by atoms with Crippen LogP contribution in [0.5, 0.6) is 0 Å². The van der Waals surface area contributed by atoms with Gasteiger partial charge >= 0.3 is 0 Å². The van der Waals surface area contributed by atoms with E-state index in [1.807, 2.05) is 11.9 Å². The van der Waals surface area contributed by atoms with Crippen molar-refractivity contribution in [1.82, 2.24) is 4.90 Å². The first kappa shape index (κ1) is 14.4. The van der Waals surface area contributed by atoms with Crippen LogP contribution >= 0.6 is 0 Å². The van der Waals surface area contributed by atoms with E-state index in [-0.39, 0.29) is 12.3 Å². The Morgan fingerprint density at radius 2 is 2.28 bits per heavy atom. The van der Waals surface area contributed by atoms with E-state index in [0.29, 0.717) is 6.54 Å². The van der Waals surface area contributed by atoms with Crippen molar-refractivity contribution >= 4 is 11.4 Å². The van der Waals surface area contributed by atoms with E-state index in [2.05, 4.69) is 11.4 Å². The molecule has 0 atom stereocenters. The van der Waals surface area contributed by atoms with Gasteiger partial charge in [-0.3, -0.25) is 10.1 Å². The molecular weight excluding hydrogens is 234 g/mol. The summed E-state index contributed by atoms with van der Waals surface area (Å²) < 4.78 is 0. The smallest absolute Gasteiger partial charge is 0.270 e. The minimum atomic E-state index is -0.440. The molecule has 0 bridgehead atoms. The molecule has 2 N–H and O–H groups in total. The van der Waals surface area contributed by atoms with E-state index in [1.54, 1.807) is 6.07 Å². The predicted octanol–water partition coefficient (Wildman–Crippen LogP) is 1.12. The van der Waals surface area contributed by atoms with Crippen LogP contribution in [0.15, 0.2) is 18.2 Å². The van der Waals surface area contributed by atoms with Crippen molar-refractivity contribution in [3.8, 4) is 0 Å². The third-order valence-corrected chi connectivity index (χ3v) is 2.52. The van der Waals surface area contributed by atoms with Crippen LogP contribution in [-0.4, -0.2) is 48.2 Å². The van der Waals surface area contributed by atoms with Gasteiger partial charge in [0.25, 0.3) is 5.69 Å². The zero-order valence-corrected chi connectivity index (χ0v) is 10.4. The molecule has 0 heterocycles. The van der Waals surface area contributed by atoms with Crippen molar-refractivity contribution in [2.24, 2.45) is 0 Å². The Balaban J connectivity index is 2.25. The predicted molar refractivity (Wildman–Crippen MR) is 69.6 cm³/mol. The lowest BCUT2D eigenvalue weighted by atomic mass is 10.3. The number of aliphatic hydroxyl groups excluding tert-OH is 1. The van der Waals surface area contributed by atoms with Crippen molar-refractivity contribution in [1.29, 1.82) is 0 Å². The van der Waals surface area contributed by atoms with Crippen LogP contribution in [0.2, 0.25) is 0 Å². The molecule has 0 aliphatic heterocycles. The average molecular weight is 252 g/mol. The summed E-state index contributed by atoms with van der Waals surface area (Å²) in [6.45, 7) is 2.49. The van der Waals surface area contributed by atoms with E-state index in [4.69, 9.17) is 5.11 Å². The fourth-order valence-electron chi connectivity index (χ4n) is 1.49. The second-order valence-corrected chi connectivity index (χ2v) is 4.02. The summed E-state index contributed by atoms with van der Waals surface area (Å²) in [4.78, 5) is 12.1. The molecule has 18 heavy (non-hydrogen) atoms. The summed E-state index contributed by atoms with van der Waals surface area (Å²) in [5.41, 5.74) is 0.800. The summed E-state index contributed by atoms with van der Waals surface area (Å²) in [5, 5.41) is 22.3. The first-order valence-electron chi connectivity index (χ1n) is 5.83. The molecule has 1 aromatic carbocycles. The molecule has 0 aliphatic carbocycles. The molecule has 0 aliphatic rings. The molecule has 0 saturated carbocycles. The van der Waals surface area contributed by atoms with Crippen LogP contribution in [0, 0.1) is 16.2 Å². The highest BCUT2D eigenvalue weighted by molar-refractivity contribution is 5.47. The Hall–Kier alpha value is -1.66. The number of hydrogen-bond acceptors (Lipinski definition) is 5. The van der Waals surface area contributed by atoms with Gasteiger partial charge in [-0.05, 0) is 26.1 Å². The third-order valence-electron chi connectivity index (χ3n) is 2.52. The number of benzene rings is 1. The fourth-order valence-corrected chi connectivity index (χ4v) is 1.49. The maximum Gasteiger partial charge on any atom is 0.270 e. The molecule has 1 aromatic rings. The van der Waals surface area contributed by atoms with Gasteiger partial charge in [0, 0.05) is 37.0 Å². The van der Waals surface area contributed by atoms with Crippen LogP contribution in [-0.2, 0) is 0 Å². The second-order valence-electron chi connectivity index (χ2n) is 4.02. The van der Waals surface area contributed by atoms with Crippen molar-refractivity contribution < 1.29 is 10.0 Å². The third kappa shape index (κ3) is 5.11. The van der Waals surface area contributed by atoms with Gasteiger partial charge in [-0.1, -0.05) is 0 Å². The van der Waals surface area contributed by atoms with Gasteiger partial charge in [0.2, 0.25) is 0 Å². The quantitative estimate of drug-likeness (QED) is 0.412. The van der Waals surface area contributed by atoms with Gasteiger partial charge < -0.3 is 15.3 Å². The molecular formula is C12H18N3O3. The van der Waals surface area contributed by atoms with Crippen molar-refractivity contribution in [3.05, 3.63) is 34.4 Å². The Labute approximate surface area is 106 Å². The summed E-state index contributed by atoms with van der Waals surface area (Å²) in [6.07, 6.45) is 0.932. The number of nitro benzene ring substituents is 1. The number of hydrogen-bond donors (Lipinski definition) is 2. The Bertz CT molecular complexity index is 367. The Kier molecular flexibility index (Phi) is 6.10. The SMILES string of the molecule is CN(CCO)CCCNc1[c]cc([N+](=O)[O-])cc1. The Morgan fingerprint density at radius 1 is 1.50 bits per heavy atom. The molecule has 6 heteroatoms. The van der Waals surface area contributed by atoms with Crippen molar-refractivity contribution in [2.75, 3.05) is 38.6 Å². The van der Waals surface area contributed by atoms with E-state index >= 15 is 0 Å². The van der Waals surface area contributed by atoms with E-state index in [9.17, 15) is 10.1 Å². The van der Waals surface area contributed by atoms with Crippen LogP contribution in [0.4, 0.5) is 11.4 Å². The fraction of sp³-hybridized carbons (Fsp3) is 0.500. The van der Waals surface area contributed by atoms with Gasteiger partial charge in [-0.2, -0.15) is 0 Å². The minimum Gasteiger partial charge on any atom is -0.395 e. The monoisotopic (exact) mass is 252 g/mol. The van der Waals surface area contributed by atoms with Crippen molar-refractivity contribution in [2.45, 2.75) is 6.42 Å². The van der Waals surface area contributed by atoms with Crippen LogP contribution in [0.1, 0.15) is 6.42 Å². The number of anilines is 1. The highest BCUT2D eigenvalue weighted by Crippen LogP contribution is 2.14. The van der Waals surface area contributed by atoms with Gasteiger partial charge in [0.15, 0.2) is 0 Å². The zero-order valence-electron chi connectivity index (χ0n) is 10.4. The standard InChI is InChI=1S/C12H18N3O3/c1-14(9-10-16)8-2-7-13-11-3-5-12(6-4-11)15(17)18/h3,5-6,13,16H,2,7-10H2,1H3. The van der Waals surface area contributed by atoms with Gasteiger partial charge in [-0.15, -0.1) is 0 Å². The van der Waals surface area contributed by atoms with Gasteiger partial charge in [0.1, 0.15) is 0 Å². The summed E-state index contributed by atoms with van der Waals surface area (Å²) in [5.74, 6) is 0. The van der Waals surface area contributed by atoms with Gasteiger partial charge in [0.05, 0.1) is 11.5 Å². The lowest BCUT2D eigenvalue weighted by molar-refractivity contribution is -0.384. The topological polar surface area (TPSA) is 78.6 Å². The second kappa shape index (κ2) is 7.62. The normalized spacial score (nSPS) is 10.6. The molecule has 1 rings (SSSR count). The summed E-state index contributed by atoms with van der Waals surface area (Å²) >= 11 is 0. The maximum absolute atomic E-state index is 10.4. The lowest BCUT2D eigenvalue weighted by Gasteiger charge is -2.15. The summed E-state index contributed by atoms with van der Waals surface area (Å²) in [7, 11) is 1.95. The zero-order chi connectivity index (χ0) is 13.4. The van der Waals surface area contributed by atoms with E-state index in [1.165, 1.54) is 12.1 Å². The molecule has 0 fully saturated rings. The van der Waals surface area contributed by atoms with Gasteiger partial charge in [-0.25, -0.2) is 0 Å². The van der Waals surface area contributed by atoms with Crippen LogP contribution < -0.4 is 5.32 Å². The largest absolute Gasteiger partial charge is 0.395 e. The van der Waals surface area contributed by atoms with Crippen LogP contribution in [0.25, 0.3) is 0 Å². The number of non-ortho nitro benzene ring substituents is 1. The van der Waals surface area contributed by atoms with Crippen molar-refractivity contribution in [3.63, 3.8) is 0 Å². The minimum absolute atomic E-state index is 0.0447.